The van der Waals surface area contributed by atoms with Gasteiger partial charge in [0.15, 0.2) is 17.8 Å². The molecule has 2 N–H and O–H groups in total. The number of phenols is 1. The van der Waals surface area contributed by atoms with Crippen molar-refractivity contribution in [2.75, 3.05) is 7.11 Å². The highest BCUT2D eigenvalue weighted by molar-refractivity contribution is 5.93. The zero-order valence-corrected chi connectivity index (χ0v) is 7.57. The molecule has 0 fully saturated rings. The van der Waals surface area contributed by atoms with E-state index in [0.29, 0.717) is 17.0 Å². The van der Waals surface area contributed by atoms with Crippen molar-refractivity contribution in [1.29, 1.82) is 0 Å². The van der Waals surface area contributed by atoms with Crippen LogP contribution in [0.5, 0.6) is 11.5 Å². The van der Waals surface area contributed by atoms with Crippen LogP contribution in [0.4, 0.5) is 0 Å². The van der Waals surface area contributed by atoms with Crippen LogP contribution in [-0.2, 0) is 0 Å². The minimum atomic E-state index is 0.0549. The number of nitrogens with one attached hydrogen (secondary N) is 1. The van der Waals surface area contributed by atoms with Gasteiger partial charge in [-0.05, 0) is 18.2 Å². The van der Waals surface area contributed by atoms with Crippen LogP contribution in [0.15, 0.2) is 18.2 Å². The summed E-state index contributed by atoms with van der Waals surface area (Å²) in [5.74, 6) is 0.412. The summed E-state index contributed by atoms with van der Waals surface area (Å²) < 4.78 is 5.02. The van der Waals surface area contributed by atoms with Crippen molar-refractivity contribution < 1.29 is 14.6 Å². The van der Waals surface area contributed by atoms with E-state index >= 15 is 0 Å². The van der Waals surface area contributed by atoms with Crippen molar-refractivity contribution in [2.45, 2.75) is 0 Å². The largest absolute Gasteiger partial charge is 0.504 e. The molecule has 0 amide bonds. The SMILES string of the molecule is COc1c(O)ccc2cc(C=O)[nH]c12. The van der Waals surface area contributed by atoms with E-state index in [9.17, 15) is 9.90 Å². The molecule has 0 saturated heterocycles. The summed E-state index contributed by atoms with van der Waals surface area (Å²) in [7, 11) is 1.47. The van der Waals surface area contributed by atoms with E-state index in [1.165, 1.54) is 13.2 Å². The van der Waals surface area contributed by atoms with Crippen LogP contribution >= 0.6 is 0 Å². The second-order valence-corrected chi connectivity index (χ2v) is 2.92. The molecular weight excluding hydrogens is 182 g/mol. The molecule has 2 aromatic rings. The number of aromatic amines is 1. The Labute approximate surface area is 80.1 Å². The molecule has 0 aliphatic rings. The molecule has 0 spiro atoms. The average molecular weight is 191 g/mol. The summed E-state index contributed by atoms with van der Waals surface area (Å²) in [6, 6.07) is 4.95. The van der Waals surface area contributed by atoms with Gasteiger partial charge in [0.1, 0.15) is 0 Å². The van der Waals surface area contributed by atoms with Gasteiger partial charge in [-0.3, -0.25) is 4.79 Å². The highest BCUT2D eigenvalue weighted by atomic mass is 16.5. The predicted octanol–water partition coefficient (Wildman–Crippen LogP) is 1.69. The lowest BCUT2D eigenvalue weighted by atomic mass is 10.2. The summed E-state index contributed by atoms with van der Waals surface area (Å²) in [5.41, 5.74) is 1.10. The summed E-state index contributed by atoms with van der Waals surface area (Å²) in [4.78, 5) is 13.4. The number of carbonyl (C=O) groups is 1. The third-order valence-electron chi connectivity index (χ3n) is 2.08. The Balaban J connectivity index is 2.79. The topological polar surface area (TPSA) is 62.3 Å². The molecule has 1 heterocycles. The van der Waals surface area contributed by atoms with E-state index in [1.807, 2.05) is 0 Å². The van der Waals surface area contributed by atoms with Crippen molar-refractivity contribution in [3.05, 3.63) is 23.9 Å². The highest BCUT2D eigenvalue weighted by Crippen LogP contribution is 2.33. The van der Waals surface area contributed by atoms with Crippen LogP contribution in [-0.4, -0.2) is 23.5 Å². The van der Waals surface area contributed by atoms with Gasteiger partial charge < -0.3 is 14.8 Å². The minimum Gasteiger partial charge on any atom is -0.504 e. The van der Waals surface area contributed by atoms with Crippen LogP contribution in [0.25, 0.3) is 10.9 Å². The van der Waals surface area contributed by atoms with Crippen molar-refractivity contribution in [3.63, 3.8) is 0 Å². The third-order valence-corrected chi connectivity index (χ3v) is 2.08. The van der Waals surface area contributed by atoms with E-state index < -0.39 is 0 Å². The summed E-state index contributed by atoms with van der Waals surface area (Å²) >= 11 is 0. The number of carbonyl (C=O) groups excluding carboxylic acids is 1. The Morgan fingerprint density at radius 3 is 2.93 bits per heavy atom. The van der Waals surface area contributed by atoms with Gasteiger partial charge in [-0.15, -0.1) is 0 Å². The second kappa shape index (κ2) is 3.06. The quantitative estimate of drug-likeness (QED) is 0.710. The molecule has 4 nitrogen and oxygen atoms in total. The Morgan fingerprint density at radius 1 is 1.50 bits per heavy atom. The number of aromatic hydroxyl groups is 1. The number of rotatable bonds is 2. The third kappa shape index (κ3) is 1.12. The molecular formula is C10H9NO3. The lowest BCUT2D eigenvalue weighted by Gasteiger charge is -2.03. The Kier molecular flexibility index (Phi) is 1.89. The molecule has 0 aliphatic carbocycles. The first-order valence-corrected chi connectivity index (χ1v) is 4.10. The van der Waals surface area contributed by atoms with Crippen molar-refractivity contribution >= 4 is 17.2 Å². The molecule has 2 rings (SSSR count). The monoisotopic (exact) mass is 191 g/mol. The lowest BCUT2D eigenvalue weighted by molar-refractivity contribution is 0.112. The maximum absolute atomic E-state index is 10.5. The minimum absolute atomic E-state index is 0.0549. The van der Waals surface area contributed by atoms with Crippen molar-refractivity contribution in [1.82, 2.24) is 4.98 Å². The summed E-state index contributed by atoms with van der Waals surface area (Å²) in [6.07, 6.45) is 0.719. The summed E-state index contributed by atoms with van der Waals surface area (Å²) in [5, 5.41) is 10.3. The molecule has 0 bridgehead atoms. The van der Waals surface area contributed by atoms with E-state index in [0.717, 1.165) is 11.7 Å². The van der Waals surface area contributed by atoms with Gasteiger partial charge in [-0.1, -0.05) is 0 Å². The lowest BCUT2D eigenvalue weighted by Crippen LogP contribution is -1.85. The summed E-state index contributed by atoms with van der Waals surface area (Å²) in [6.45, 7) is 0. The number of fused-ring (bicyclic) bond motifs is 1. The Bertz CT molecular complexity index is 487. The number of hydrogen-bond donors (Lipinski definition) is 2. The van der Waals surface area contributed by atoms with Gasteiger partial charge in [0.05, 0.1) is 18.3 Å². The normalized spacial score (nSPS) is 10.4. The molecule has 0 saturated carbocycles. The Hall–Kier alpha value is -1.97. The molecule has 14 heavy (non-hydrogen) atoms. The van der Waals surface area contributed by atoms with Crippen LogP contribution in [0, 0.1) is 0 Å². The zero-order chi connectivity index (χ0) is 10.1. The molecule has 0 unspecified atom stereocenters. The predicted molar refractivity (Wildman–Crippen MR) is 51.9 cm³/mol. The molecule has 0 atom stereocenters. The maximum Gasteiger partial charge on any atom is 0.184 e. The number of benzene rings is 1. The highest BCUT2D eigenvalue weighted by Gasteiger charge is 2.09. The number of ether oxygens (including phenoxy) is 1. The van der Waals surface area contributed by atoms with Crippen LogP contribution in [0.2, 0.25) is 0 Å². The number of aldehydes is 1. The molecule has 4 heteroatoms. The van der Waals surface area contributed by atoms with E-state index in [1.54, 1.807) is 12.1 Å². The number of H-pyrrole nitrogens is 1. The van der Waals surface area contributed by atoms with Gasteiger partial charge in [0, 0.05) is 5.39 Å². The van der Waals surface area contributed by atoms with E-state index in [2.05, 4.69) is 4.98 Å². The first kappa shape index (κ1) is 8.62. The Morgan fingerprint density at radius 2 is 2.29 bits per heavy atom. The fourth-order valence-electron chi connectivity index (χ4n) is 1.45. The average Bonchev–Trinajstić information content (AvgIpc) is 2.60. The van der Waals surface area contributed by atoms with Gasteiger partial charge in [0.25, 0.3) is 0 Å². The standard InChI is InChI=1S/C10H9NO3/c1-14-10-8(13)3-2-6-4-7(5-12)11-9(6)10/h2-5,11,13H,1H3. The van der Waals surface area contributed by atoms with Crippen molar-refractivity contribution in [2.24, 2.45) is 0 Å². The first-order valence-electron chi connectivity index (χ1n) is 4.10. The van der Waals surface area contributed by atoms with E-state index in [-0.39, 0.29) is 5.75 Å². The van der Waals surface area contributed by atoms with Crippen LogP contribution < -0.4 is 4.74 Å². The van der Waals surface area contributed by atoms with Gasteiger partial charge in [0.2, 0.25) is 0 Å². The molecule has 72 valence electrons. The molecule has 1 aromatic heterocycles. The fourth-order valence-corrected chi connectivity index (χ4v) is 1.45. The van der Waals surface area contributed by atoms with Crippen molar-refractivity contribution in [3.8, 4) is 11.5 Å². The van der Waals surface area contributed by atoms with Gasteiger partial charge >= 0.3 is 0 Å². The smallest absolute Gasteiger partial charge is 0.184 e. The number of aromatic nitrogens is 1. The van der Waals surface area contributed by atoms with Gasteiger partial charge in [-0.25, -0.2) is 0 Å². The first-order chi connectivity index (χ1) is 6.76. The van der Waals surface area contributed by atoms with Crippen LogP contribution in [0.1, 0.15) is 10.5 Å². The maximum atomic E-state index is 10.5. The zero-order valence-electron chi connectivity index (χ0n) is 7.57. The number of hydrogen-bond acceptors (Lipinski definition) is 3. The molecule has 1 aromatic carbocycles. The van der Waals surface area contributed by atoms with Crippen LogP contribution in [0.3, 0.4) is 0 Å². The number of methoxy groups -OCH3 is 1. The molecule has 0 aliphatic heterocycles. The van der Waals surface area contributed by atoms with E-state index in [4.69, 9.17) is 4.74 Å². The molecule has 0 radical (unpaired) electrons. The number of phenolic OH excluding ortho intramolecular Hbond substituents is 1. The van der Waals surface area contributed by atoms with Gasteiger partial charge in [-0.2, -0.15) is 0 Å². The second-order valence-electron chi connectivity index (χ2n) is 2.92. The fraction of sp³-hybridized carbons (Fsp3) is 0.100.